The summed E-state index contributed by atoms with van der Waals surface area (Å²) in [6.07, 6.45) is 3.41. The Morgan fingerprint density at radius 2 is 1.64 bits per heavy atom. The second kappa shape index (κ2) is 10.1. The summed E-state index contributed by atoms with van der Waals surface area (Å²) in [6.45, 7) is 3.94. The van der Waals surface area contributed by atoms with Gasteiger partial charge in [0, 0.05) is 23.8 Å². The molecule has 0 saturated carbocycles. The predicted molar refractivity (Wildman–Crippen MR) is 107 cm³/mol. The Bertz CT molecular complexity index is 640. The van der Waals surface area contributed by atoms with Crippen LogP contribution in [0.1, 0.15) is 18.4 Å². The molecule has 4 nitrogen and oxygen atoms in total. The number of piperidine rings is 1. The lowest BCUT2D eigenvalue weighted by Crippen LogP contribution is -2.48. The van der Waals surface area contributed by atoms with Crippen molar-refractivity contribution in [2.75, 3.05) is 29.7 Å². The maximum absolute atomic E-state index is 12.9. The van der Waals surface area contributed by atoms with Crippen LogP contribution >= 0.6 is 11.6 Å². The summed E-state index contributed by atoms with van der Waals surface area (Å²) < 4.78 is 0. The van der Waals surface area contributed by atoms with Crippen LogP contribution in [0.15, 0.2) is 54.6 Å². The lowest BCUT2D eigenvalue weighted by atomic mass is 10.0. The Morgan fingerprint density at radius 1 is 1.04 bits per heavy atom. The number of nitrogens with one attached hydrogen (secondary N) is 2. The second-order valence-electron chi connectivity index (χ2n) is 5.98. The Morgan fingerprint density at radius 3 is 2.24 bits per heavy atom. The summed E-state index contributed by atoms with van der Waals surface area (Å²) in [5.74, 6) is 0. The van der Waals surface area contributed by atoms with Gasteiger partial charge in [0.2, 0.25) is 0 Å². The largest absolute Gasteiger partial charge is 0.326 e. The van der Waals surface area contributed by atoms with E-state index in [1.807, 2.05) is 66.4 Å². The molecule has 2 N–H and O–H groups in total. The Balaban J connectivity index is 0.00000109. The first kappa shape index (κ1) is 19.3. The average Bonchev–Trinajstić information content (AvgIpc) is 2.67. The second-order valence-corrected chi connectivity index (χ2v) is 5.98. The molecule has 25 heavy (non-hydrogen) atoms. The molecule has 0 atom stereocenters. The van der Waals surface area contributed by atoms with Gasteiger partial charge in [0.05, 0.1) is 0 Å². The van der Waals surface area contributed by atoms with Crippen molar-refractivity contribution in [3.63, 3.8) is 0 Å². The summed E-state index contributed by atoms with van der Waals surface area (Å²) in [6, 6.07) is 18.0. The van der Waals surface area contributed by atoms with Crippen molar-refractivity contribution in [3.05, 3.63) is 60.2 Å². The molecule has 1 fully saturated rings. The predicted octanol–water partition coefficient (Wildman–Crippen LogP) is 4.64. The number of anilines is 2. The number of urea groups is 1. The van der Waals surface area contributed by atoms with E-state index < -0.39 is 0 Å². The van der Waals surface area contributed by atoms with Gasteiger partial charge in [-0.3, -0.25) is 4.90 Å². The minimum atomic E-state index is -0.0630. The molecule has 134 valence electrons. The highest BCUT2D eigenvalue weighted by molar-refractivity contribution is 6.15. The average molecular weight is 360 g/mol. The Labute approximate surface area is 155 Å². The minimum absolute atomic E-state index is 0.0630. The number of para-hydroxylation sites is 1. The van der Waals surface area contributed by atoms with Crippen LogP contribution in [0.25, 0.3) is 0 Å². The van der Waals surface area contributed by atoms with Gasteiger partial charge in [-0.15, -0.1) is 11.6 Å². The van der Waals surface area contributed by atoms with Crippen molar-refractivity contribution in [1.82, 2.24) is 5.32 Å². The highest BCUT2D eigenvalue weighted by atomic mass is 35.5. The van der Waals surface area contributed by atoms with Crippen molar-refractivity contribution in [2.24, 2.45) is 0 Å². The third-order valence-corrected chi connectivity index (χ3v) is 4.23. The summed E-state index contributed by atoms with van der Waals surface area (Å²) in [7, 11) is 0. The number of halogens is 1. The topological polar surface area (TPSA) is 44.4 Å². The smallest absolute Gasteiger partial charge is 0.317 e. The van der Waals surface area contributed by atoms with Crippen molar-refractivity contribution >= 4 is 29.0 Å². The van der Waals surface area contributed by atoms with E-state index in [0.717, 1.165) is 37.3 Å². The number of rotatable bonds is 3. The number of alkyl halides is 1. The molecular weight excluding hydrogens is 334 g/mol. The number of hydrogen-bond acceptors (Lipinski definition) is 2. The minimum Gasteiger partial charge on any atom is -0.317 e. The monoisotopic (exact) mass is 359 g/mol. The quantitative estimate of drug-likeness (QED) is 0.784. The van der Waals surface area contributed by atoms with Gasteiger partial charge in [-0.2, -0.15) is 0 Å². The standard InChI is InChI=1S/C19H23N3O.CH3Cl/c1-15-7-9-16(10-8-15)21-19(23)22(17-5-3-2-4-6-17)18-11-13-20-14-12-18;1-2/h2-10,18,20H,11-14H2,1H3,(H,21,23);1H3. The molecule has 5 heteroatoms. The number of carbonyl (C=O) groups excluding carboxylic acids is 1. The molecule has 1 heterocycles. The number of benzene rings is 2. The van der Waals surface area contributed by atoms with Crippen molar-refractivity contribution in [3.8, 4) is 0 Å². The van der Waals surface area contributed by atoms with Gasteiger partial charge in [0.15, 0.2) is 0 Å². The molecule has 3 rings (SSSR count). The molecule has 0 aliphatic carbocycles. The van der Waals surface area contributed by atoms with Crippen LogP contribution in [0.4, 0.5) is 16.2 Å². The van der Waals surface area contributed by atoms with E-state index in [4.69, 9.17) is 0 Å². The van der Waals surface area contributed by atoms with Gasteiger partial charge in [-0.1, -0.05) is 35.9 Å². The molecule has 2 aromatic rings. The van der Waals surface area contributed by atoms with E-state index in [1.165, 1.54) is 11.9 Å². The van der Waals surface area contributed by atoms with Crippen LogP contribution in [0.2, 0.25) is 0 Å². The van der Waals surface area contributed by atoms with E-state index in [2.05, 4.69) is 22.2 Å². The molecule has 0 spiro atoms. The maximum Gasteiger partial charge on any atom is 0.326 e. The number of amides is 2. The summed E-state index contributed by atoms with van der Waals surface area (Å²) >= 11 is 4.64. The van der Waals surface area contributed by atoms with Gasteiger partial charge < -0.3 is 10.6 Å². The number of hydrogen-bond donors (Lipinski definition) is 2. The van der Waals surface area contributed by atoms with Crippen LogP contribution in [0.3, 0.4) is 0 Å². The van der Waals surface area contributed by atoms with Crippen LogP contribution in [-0.4, -0.2) is 31.5 Å². The Kier molecular flexibility index (Phi) is 7.76. The fourth-order valence-corrected chi connectivity index (χ4v) is 2.97. The molecule has 0 unspecified atom stereocenters. The third kappa shape index (κ3) is 5.48. The lowest BCUT2D eigenvalue weighted by molar-refractivity contribution is 0.252. The molecule has 0 bridgehead atoms. The summed E-state index contributed by atoms with van der Waals surface area (Å²) in [4.78, 5) is 14.8. The van der Waals surface area contributed by atoms with Crippen LogP contribution in [0, 0.1) is 6.92 Å². The van der Waals surface area contributed by atoms with E-state index in [-0.39, 0.29) is 12.1 Å². The van der Waals surface area contributed by atoms with Gasteiger partial charge in [0.25, 0.3) is 0 Å². The molecule has 0 radical (unpaired) electrons. The van der Waals surface area contributed by atoms with E-state index in [0.29, 0.717) is 0 Å². The fraction of sp³-hybridized carbons (Fsp3) is 0.350. The van der Waals surface area contributed by atoms with Crippen molar-refractivity contribution in [2.45, 2.75) is 25.8 Å². The molecule has 2 aromatic carbocycles. The van der Waals surface area contributed by atoms with Gasteiger partial charge >= 0.3 is 6.03 Å². The molecule has 0 aromatic heterocycles. The van der Waals surface area contributed by atoms with E-state index in [9.17, 15) is 4.79 Å². The maximum atomic E-state index is 12.9. The lowest BCUT2D eigenvalue weighted by Gasteiger charge is -2.34. The van der Waals surface area contributed by atoms with E-state index in [1.54, 1.807) is 0 Å². The first-order valence-electron chi connectivity index (χ1n) is 8.54. The zero-order valence-corrected chi connectivity index (χ0v) is 15.6. The first-order valence-corrected chi connectivity index (χ1v) is 9.30. The fourth-order valence-electron chi connectivity index (χ4n) is 2.97. The highest BCUT2D eigenvalue weighted by Gasteiger charge is 2.26. The molecular formula is C20H26ClN3O. The highest BCUT2D eigenvalue weighted by Crippen LogP contribution is 2.23. The van der Waals surface area contributed by atoms with Gasteiger partial charge in [0.1, 0.15) is 0 Å². The summed E-state index contributed by atoms with van der Waals surface area (Å²) in [5, 5.41) is 6.39. The SMILES string of the molecule is CCl.Cc1ccc(NC(=O)N(c2ccccc2)C2CCNCC2)cc1. The molecule has 1 aliphatic rings. The van der Waals surface area contributed by atoms with Crippen LogP contribution in [-0.2, 0) is 0 Å². The normalized spacial score (nSPS) is 14.2. The van der Waals surface area contributed by atoms with Crippen LogP contribution in [0.5, 0.6) is 0 Å². The van der Waals surface area contributed by atoms with Crippen molar-refractivity contribution < 1.29 is 4.79 Å². The van der Waals surface area contributed by atoms with Crippen molar-refractivity contribution in [1.29, 1.82) is 0 Å². The van der Waals surface area contributed by atoms with Crippen LogP contribution < -0.4 is 15.5 Å². The van der Waals surface area contributed by atoms with Gasteiger partial charge in [-0.05, 0) is 57.1 Å². The summed E-state index contributed by atoms with van der Waals surface area (Å²) in [5.41, 5.74) is 2.96. The number of aryl methyl sites for hydroxylation is 1. The first-order chi connectivity index (χ1) is 12.2. The molecule has 1 aliphatic heterocycles. The number of nitrogens with zero attached hydrogens (tertiary/aromatic N) is 1. The van der Waals surface area contributed by atoms with E-state index >= 15 is 0 Å². The Hall–Kier alpha value is -2.04. The number of carbonyl (C=O) groups is 1. The molecule has 1 saturated heterocycles. The van der Waals surface area contributed by atoms with Gasteiger partial charge in [-0.25, -0.2) is 4.79 Å². The zero-order chi connectivity index (χ0) is 18.1. The molecule has 2 amide bonds. The third-order valence-electron chi connectivity index (χ3n) is 4.23. The zero-order valence-electron chi connectivity index (χ0n) is 14.8.